The van der Waals surface area contributed by atoms with Crippen molar-refractivity contribution in [3.63, 3.8) is 0 Å². The molecule has 8 heteroatoms. The average molecular weight is 300 g/mol. The number of rotatable bonds is 3. The molecule has 0 saturated carbocycles. The number of hydrogen-bond donors (Lipinski definition) is 0. The van der Waals surface area contributed by atoms with Crippen molar-refractivity contribution in [1.82, 2.24) is 9.97 Å². The quantitative estimate of drug-likeness (QED) is 0.810. The number of aromatic nitrogens is 2. The molecule has 0 aliphatic heterocycles. The Bertz CT molecular complexity index is 631. The molecule has 0 unspecified atom stereocenters. The van der Waals surface area contributed by atoms with E-state index in [0.29, 0.717) is 21.2 Å². The van der Waals surface area contributed by atoms with Crippen molar-refractivity contribution >= 4 is 41.2 Å². The number of oxazole rings is 1. The van der Waals surface area contributed by atoms with Crippen LogP contribution < -0.4 is 0 Å². The summed E-state index contributed by atoms with van der Waals surface area (Å²) < 4.78 is 5.09. The summed E-state index contributed by atoms with van der Waals surface area (Å²) in [5, 5.41) is 9.67. The van der Waals surface area contributed by atoms with E-state index in [2.05, 4.69) is 9.97 Å². The lowest BCUT2D eigenvalue weighted by molar-refractivity contribution is 0.109. The van der Waals surface area contributed by atoms with E-state index in [0.717, 1.165) is 11.8 Å². The van der Waals surface area contributed by atoms with Crippen molar-refractivity contribution in [3.05, 3.63) is 34.0 Å². The van der Waals surface area contributed by atoms with Crippen LogP contribution in [0.5, 0.6) is 0 Å². The number of aldehydes is 1. The molecule has 2 aromatic rings. The first-order chi connectivity index (χ1) is 8.65. The maximum absolute atomic E-state index is 10.5. The van der Waals surface area contributed by atoms with Crippen molar-refractivity contribution in [3.8, 4) is 6.07 Å². The zero-order valence-corrected chi connectivity index (χ0v) is 10.9. The topological polar surface area (TPSA) is 79.8 Å². The Labute approximate surface area is 116 Å². The van der Waals surface area contributed by atoms with Crippen LogP contribution in [-0.2, 0) is 0 Å². The van der Waals surface area contributed by atoms with Crippen LogP contribution in [0.3, 0.4) is 0 Å². The van der Waals surface area contributed by atoms with E-state index in [1.807, 2.05) is 6.07 Å². The smallest absolute Gasteiger partial charge is 0.262 e. The Kier molecular flexibility index (Phi) is 3.87. The van der Waals surface area contributed by atoms with Gasteiger partial charge in [-0.15, -0.1) is 0 Å². The van der Waals surface area contributed by atoms with Gasteiger partial charge >= 0.3 is 0 Å². The van der Waals surface area contributed by atoms with Gasteiger partial charge in [-0.05, 0) is 11.8 Å². The molecule has 0 bridgehead atoms. The van der Waals surface area contributed by atoms with Crippen LogP contribution in [0.4, 0.5) is 0 Å². The number of nitriles is 1. The van der Waals surface area contributed by atoms with Crippen LogP contribution in [0.2, 0.25) is 10.0 Å². The van der Waals surface area contributed by atoms with Crippen molar-refractivity contribution in [2.75, 3.05) is 0 Å². The van der Waals surface area contributed by atoms with Gasteiger partial charge in [-0.2, -0.15) is 10.2 Å². The first-order valence-corrected chi connectivity index (χ1v) is 6.06. The highest BCUT2D eigenvalue weighted by Gasteiger charge is 2.17. The minimum atomic E-state index is -0.171. The monoisotopic (exact) mass is 299 g/mol. The number of carbonyl (C=O) groups is 1. The lowest BCUT2D eigenvalue weighted by atomic mass is 10.5. The van der Waals surface area contributed by atoms with E-state index in [1.54, 1.807) is 0 Å². The van der Waals surface area contributed by atoms with Gasteiger partial charge in [-0.25, -0.2) is 0 Å². The molecule has 0 radical (unpaired) electrons. The molecular formula is C10H3Cl2N3O2S. The maximum Gasteiger partial charge on any atom is 0.262 e. The Morgan fingerprint density at radius 2 is 2.06 bits per heavy atom. The first-order valence-electron chi connectivity index (χ1n) is 4.48. The average Bonchev–Trinajstić information content (AvgIpc) is 2.76. The molecule has 0 N–H and O–H groups in total. The Morgan fingerprint density at radius 3 is 2.61 bits per heavy atom. The van der Waals surface area contributed by atoms with Crippen LogP contribution in [0.1, 0.15) is 16.4 Å². The molecule has 0 aliphatic carbocycles. The molecule has 0 aliphatic rings. The van der Waals surface area contributed by atoms with Crippen molar-refractivity contribution in [2.24, 2.45) is 0 Å². The molecule has 2 rings (SSSR count). The van der Waals surface area contributed by atoms with Gasteiger partial charge in [0.2, 0.25) is 11.4 Å². The van der Waals surface area contributed by atoms with E-state index >= 15 is 0 Å². The molecule has 0 spiro atoms. The van der Waals surface area contributed by atoms with E-state index < -0.39 is 0 Å². The molecule has 0 aromatic carbocycles. The zero-order valence-electron chi connectivity index (χ0n) is 8.55. The highest BCUT2D eigenvalue weighted by molar-refractivity contribution is 7.99. The molecule has 0 atom stereocenters. The number of pyridine rings is 1. The third kappa shape index (κ3) is 2.48. The summed E-state index contributed by atoms with van der Waals surface area (Å²) >= 11 is 12.9. The van der Waals surface area contributed by atoms with Gasteiger partial charge in [0.25, 0.3) is 5.89 Å². The number of nitrogens with zero attached hydrogens (tertiary/aromatic N) is 3. The highest BCUT2D eigenvalue weighted by atomic mass is 35.5. The summed E-state index contributed by atoms with van der Waals surface area (Å²) in [4.78, 5) is 18.5. The van der Waals surface area contributed by atoms with E-state index in [4.69, 9.17) is 32.9 Å². The standard InChI is InChI=1S/C10H3Cl2N3O2S/c11-5-2-14-3-6(12)9(5)18-10-7(1-13)15-8(4-16)17-10/h2-4H. The van der Waals surface area contributed by atoms with Gasteiger partial charge in [-0.3, -0.25) is 9.78 Å². The second-order valence-electron chi connectivity index (χ2n) is 2.95. The lowest BCUT2D eigenvalue weighted by Crippen LogP contribution is -1.82. The number of halogens is 2. The summed E-state index contributed by atoms with van der Waals surface area (Å²) in [6, 6.07) is 1.82. The normalized spacial score (nSPS) is 10.1. The van der Waals surface area contributed by atoms with Gasteiger partial charge in [0.15, 0.2) is 5.69 Å². The third-order valence-electron chi connectivity index (χ3n) is 1.82. The van der Waals surface area contributed by atoms with Gasteiger partial charge in [-0.1, -0.05) is 23.2 Å². The zero-order chi connectivity index (χ0) is 13.1. The Hall–Kier alpha value is -1.55. The second kappa shape index (κ2) is 5.40. The molecule has 2 heterocycles. The summed E-state index contributed by atoms with van der Waals surface area (Å²) in [6.45, 7) is 0. The first kappa shape index (κ1) is 12.9. The van der Waals surface area contributed by atoms with Crippen LogP contribution in [0.15, 0.2) is 26.8 Å². The predicted octanol–water partition coefficient (Wildman–Crippen LogP) is 3.21. The van der Waals surface area contributed by atoms with Gasteiger partial charge < -0.3 is 4.42 Å². The second-order valence-corrected chi connectivity index (χ2v) is 4.75. The fourth-order valence-corrected chi connectivity index (χ4v) is 2.50. The van der Waals surface area contributed by atoms with Gasteiger partial charge in [0.1, 0.15) is 6.07 Å². The van der Waals surface area contributed by atoms with Crippen molar-refractivity contribution < 1.29 is 9.21 Å². The Morgan fingerprint density at radius 1 is 1.39 bits per heavy atom. The summed E-state index contributed by atoms with van der Waals surface area (Å²) in [5.74, 6) is -0.171. The molecule has 5 nitrogen and oxygen atoms in total. The van der Waals surface area contributed by atoms with Crippen LogP contribution in [0, 0.1) is 11.3 Å². The molecule has 2 aromatic heterocycles. The van der Waals surface area contributed by atoms with Crippen LogP contribution in [0.25, 0.3) is 0 Å². The van der Waals surface area contributed by atoms with Gasteiger partial charge in [0, 0.05) is 12.4 Å². The van der Waals surface area contributed by atoms with Crippen LogP contribution >= 0.6 is 35.0 Å². The predicted molar refractivity (Wildman–Crippen MR) is 65.0 cm³/mol. The largest absolute Gasteiger partial charge is 0.426 e. The molecular weight excluding hydrogens is 297 g/mol. The minimum absolute atomic E-state index is 0.00560. The molecule has 18 heavy (non-hydrogen) atoms. The Balaban J connectivity index is 2.43. The number of carbonyl (C=O) groups excluding carboxylic acids is 1. The summed E-state index contributed by atoms with van der Waals surface area (Å²) in [5.41, 5.74) is 0.00560. The van der Waals surface area contributed by atoms with E-state index in [1.165, 1.54) is 12.4 Å². The van der Waals surface area contributed by atoms with Gasteiger partial charge in [0.05, 0.1) is 14.9 Å². The molecule has 90 valence electrons. The number of hydrogen-bond acceptors (Lipinski definition) is 6. The lowest BCUT2D eigenvalue weighted by Gasteiger charge is -2.02. The fourth-order valence-electron chi connectivity index (χ4n) is 1.10. The fraction of sp³-hybridized carbons (Fsp3) is 0. The molecule has 0 saturated heterocycles. The molecule has 0 amide bonds. The summed E-state index contributed by atoms with van der Waals surface area (Å²) in [6.07, 6.45) is 3.25. The maximum atomic E-state index is 10.5. The van der Waals surface area contributed by atoms with E-state index in [9.17, 15) is 4.79 Å². The van der Waals surface area contributed by atoms with E-state index in [-0.39, 0.29) is 16.7 Å². The highest BCUT2D eigenvalue weighted by Crippen LogP contribution is 2.39. The minimum Gasteiger partial charge on any atom is -0.426 e. The third-order valence-corrected chi connectivity index (χ3v) is 3.73. The van der Waals surface area contributed by atoms with Crippen molar-refractivity contribution in [1.29, 1.82) is 5.26 Å². The van der Waals surface area contributed by atoms with Crippen LogP contribution in [-0.4, -0.2) is 16.3 Å². The SMILES string of the molecule is N#Cc1nc(C=O)oc1Sc1c(Cl)cncc1Cl. The van der Waals surface area contributed by atoms with Crippen molar-refractivity contribution in [2.45, 2.75) is 9.99 Å². The molecule has 0 fully saturated rings. The summed E-state index contributed by atoms with van der Waals surface area (Å²) in [7, 11) is 0.